The number of carbonyl (C=O) groups excluding carboxylic acids is 1. The standard InChI is InChI=1S/C15H18ClN3O2/c1-3-4-11(8-14(20)21-2)19-15-12-6-5-10(16)7-13(12)17-9-18-15/h5-7,9,11H,3-4,8H2,1-2H3,(H,17,18,19). The Morgan fingerprint density at radius 1 is 1.43 bits per heavy atom. The van der Waals surface area contributed by atoms with Gasteiger partial charge in [0.15, 0.2) is 0 Å². The molecule has 0 spiro atoms. The van der Waals surface area contributed by atoms with Crippen molar-refractivity contribution in [3.8, 4) is 0 Å². The lowest BCUT2D eigenvalue weighted by atomic mass is 10.1. The monoisotopic (exact) mass is 307 g/mol. The van der Waals surface area contributed by atoms with Crippen molar-refractivity contribution in [2.45, 2.75) is 32.2 Å². The zero-order valence-corrected chi connectivity index (χ0v) is 12.9. The molecular weight excluding hydrogens is 290 g/mol. The molecule has 0 saturated heterocycles. The molecule has 2 rings (SSSR count). The Bertz CT molecular complexity index is 633. The molecule has 1 unspecified atom stereocenters. The van der Waals surface area contributed by atoms with Crippen molar-refractivity contribution in [3.05, 3.63) is 29.5 Å². The first kappa shape index (κ1) is 15.5. The summed E-state index contributed by atoms with van der Waals surface area (Å²) in [7, 11) is 1.40. The zero-order valence-electron chi connectivity index (χ0n) is 12.1. The van der Waals surface area contributed by atoms with E-state index in [1.54, 1.807) is 12.1 Å². The maximum Gasteiger partial charge on any atom is 0.307 e. The molecule has 0 aliphatic carbocycles. The summed E-state index contributed by atoms with van der Waals surface area (Å²) in [5, 5.41) is 4.83. The van der Waals surface area contributed by atoms with Crippen LogP contribution in [0, 0.1) is 0 Å². The summed E-state index contributed by atoms with van der Waals surface area (Å²) < 4.78 is 4.74. The van der Waals surface area contributed by atoms with Crippen LogP contribution in [0.25, 0.3) is 10.9 Å². The maximum absolute atomic E-state index is 11.5. The van der Waals surface area contributed by atoms with Crippen molar-refractivity contribution in [2.24, 2.45) is 0 Å². The molecule has 2 aromatic rings. The Balaban J connectivity index is 2.25. The molecule has 0 aliphatic heterocycles. The third-order valence-electron chi connectivity index (χ3n) is 3.22. The molecule has 0 fully saturated rings. The summed E-state index contributed by atoms with van der Waals surface area (Å²) >= 11 is 5.97. The number of nitrogens with zero attached hydrogens (tertiary/aromatic N) is 2. The van der Waals surface area contributed by atoms with Crippen LogP contribution in [0.2, 0.25) is 5.02 Å². The fourth-order valence-corrected chi connectivity index (χ4v) is 2.36. The second-order valence-electron chi connectivity index (χ2n) is 4.79. The second-order valence-corrected chi connectivity index (χ2v) is 5.23. The molecule has 1 atom stereocenters. The van der Waals surface area contributed by atoms with Crippen molar-refractivity contribution < 1.29 is 9.53 Å². The van der Waals surface area contributed by atoms with Crippen LogP contribution in [0.4, 0.5) is 5.82 Å². The first-order valence-electron chi connectivity index (χ1n) is 6.87. The molecule has 0 bridgehead atoms. The first-order valence-corrected chi connectivity index (χ1v) is 7.25. The number of halogens is 1. The highest BCUT2D eigenvalue weighted by molar-refractivity contribution is 6.31. The van der Waals surface area contributed by atoms with Crippen LogP contribution in [0.1, 0.15) is 26.2 Å². The number of rotatable bonds is 6. The van der Waals surface area contributed by atoms with Gasteiger partial charge < -0.3 is 10.1 Å². The Hall–Kier alpha value is -1.88. The van der Waals surface area contributed by atoms with Gasteiger partial charge in [-0.2, -0.15) is 0 Å². The minimum Gasteiger partial charge on any atom is -0.469 e. The number of hydrogen-bond acceptors (Lipinski definition) is 5. The highest BCUT2D eigenvalue weighted by Gasteiger charge is 2.15. The van der Waals surface area contributed by atoms with Crippen LogP contribution in [0.3, 0.4) is 0 Å². The van der Waals surface area contributed by atoms with Crippen LogP contribution >= 0.6 is 11.6 Å². The molecule has 0 aliphatic rings. The summed E-state index contributed by atoms with van der Waals surface area (Å²) in [6.45, 7) is 2.07. The van der Waals surface area contributed by atoms with Crippen molar-refractivity contribution in [1.29, 1.82) is 0 Å². The average Bonchev–Trinajstić information content (AvgIpc) is 2.47. The van der Waals surface area contributed by atoms with Crippen molar-refractivity contribution in [1.82, 2.24) is 9.97 Å². The average molecular weight is 308 g/mol. The summed E-state index contributed by atoms with van der Waals surface area (Å²) in [5.74, 6) is 0.473. The van der Waals surface area contributed by atoms with Gasteiger partial charge in [0.2, 0.25) is 0 Å². The fourth-order valence-electron chi connectivity index (χ4n) is 2.20. The van der Waals surface area contributed by atoms with Gasteiger partial charge in [-0.3, -0.25) is 4.79 Å². The lowest BCUT2D eigenvalue weighted by Crippen LogP contribution is -2.24. The van der Waals surface area contributed by atoms with Crippen molar-refractivity contribution in [3.63, 3.8) is 0 Å². The van der Waals surface area contributed by atoms with Gasteiger partial charge in [0.1, 0.15) is 12.1 Å². The van der Waals surface area contributed by atoms with E-state index in [2.05, 4.69) is 22.2 Å². The number of methoxy groups -OCH3 is 1. The predicted molar refractivity (Wildman–Crippen MR) is 83.5 cm³/mol. The van der Waals surface area contributed by atoms with Gasteiger partial charge in [-0.15, -0.1) is 0 Å². The maximum atomic E-state index is 11.5. The minimum absolute atomic E-state index is 0.0174. The van der Waals surface area contributed by atoms with Crippen LogP contribution in [0.15, 0.2) is 24.5 Å². The highest BCUT2D eigenvalue weighted by Crippen LogP contribution is 2.24. The van der Waals surface area contributed by atoms with Crippen LogP contribution in [-0.4, -0.2) is 29.1 Å². The van der Waals surface area contributed by atoms with E-state index in [0.29, 0.717) is 17.3 Å². The van der Waals surface area contributed by atoms with E-state index in [0.717, 1.165) is 23.7 Å². The number of fused-ring (bicyclic) bond motifs is 1. The Labute approximate surface area is 128 Å². The summed E-state index contributed by atoms with van der Waals surface area (Å²) in [5.41, 5.74) is 0.772. The molecule has 0 radical (unpaired) electrons. The summed E-state index contributed by atoms with van der Waals surface area (Å²) in [4.78, 5) is 20.0. The number of ether oxygens (including phenoxy) is 1. The van der Waals surface area contributed by atoms with E-state index in [1.165, 1.54) is 13.4 Å². The molecule has 6 heteroatoms. The van der Waals surface area contributed by atoms with Crippen molar-refractivity contribution >= 4 is 34.3 Å². The van der Waals surface area contributed by atoms with E-state index >= 15 is 0 Å². The number of aromatic nitrogens is 2. The van der Waals surface area contributed by atoms with Crippen LogP contribution in [-0.2, 0) is 9.53 Å². The molecular formula is C15H18ClN3O2. The number of anilines is 1. The van der Waals surface area contributed by atoms with Gasteiger partial charge in [-0.1, -0.05) is 24.9 Å². The fraction of sp³-hybridized carbons (Fsp3) is 0.400. The largest absolute Gasteiger partial charge is 0.469 e. The predicted octanol–water partition coefficient (Wildman–Crippen LogP) is 3.43. The molecule has 1 aromatic heterocycles. The van der Waals surface area contributed by atoms with Gasteiger partial charge in [0.05, 0.1) is 19.0 Å². The van der Waals surface area contributed by atoms with Gasteiger partial charge in [0, 0.05) is 16.5 Å². The lowest BCUT2D eigenvalue weighted by Gasteiger charge is -2.18. The Kier molecular flexibility index (Phi) is 5.33. The van der Waals surface area contributed by atoms with E-state index in [1.807, 2.05) is 6.07 Å². The number of nitrogens with one attached hydrogen (secondary N) is 1. The summed E-state index contributed by atoms with van der Waals surface area (Å²) in [6.07, 6.45) is 3.61. The number of carbonyl (C=O) groups is 1. The van der Waals surface area contributed by atoms with Crippen LogP contribution in [0.5, 0.6) is 0 Å². The topological polar surface area (TPSA) is 64.1 Å². The Morgan fingerprint density at radius 3 is 2.95 bits per heavy atom. The van der Waals surface area contributed by atoms with E-state index in [-0.39, 0.29) is 12.0 Å². The van der Waals surface area contributed by atoms with Gasteiger partial charge >= 0.3 is 5.97 Å². The number of hydrogen-bond donors (Lipinski definition) is 1. The smallest absolute Gasteiger partial charge is 0.307 e. The molecule has 112 valence electrons. The number of esters is 1. The minimum atomic E-state index is -0.234. The van der Waals surface area contributed by atoms with Crippen molar-refractivity contribution in [2.75, 3.05) is 12.4 Å². The molecule has 21 heavy (non-hydrogen) atoms. The lowest BCUT2D eigenvalue weighted by molar-refractivity contribution is -0.140. The normalized spacial score (nSPS) is 12.1. The number of benzene rings is 1. The van der Waals surface area contributed by atoms with Gasteiger partial charge in [-0.05, 0) is 24.6 Å². The first-order chi connectivity index (χ1) is 10.1. The zero-order chi connectivity index (χ0) is 15.2. The Morgan fingerprint density at radius 2 is 2.24 bits per heavy atom. The second kappa shape index (κ2) is 7.22. The van der Waals surface area contributed by atoms with E-state index in [9.17, 15) is 4.79 Å². The highest BCUT2D eigenvalue weighted by atomic mass is 35.5. The molecule has 1 heterocycles. The van der Waals surface area contributed by atoms with Crippen LogP contribution < -0.4 is 5.32 Å². The third-order valence-corrected chi connectivity index (χ3v) is 3.45. The molecule has 5 nitrogen and oxygen atoms in total. The summed E-state index contributed by atoms with van der Waals surface area (Å²) in [6, 6.07) is 5.45. The molecule has 1 N–H and O–H groups in total. The molecule has 0 saturated carbocycles. The van der Waals surface area contributed by atoms with Gasteiger partial charge in [0.25, 0.3) is 0 Å². The van der Waals surface area contributed by atoms with Gasteiger partial charge in [-0.25, -0.2) is 9.97 Å². The molecule has 0 amide bonds. The molecule has 1 aromatic carbocycles. The SMILES string of the molecule is CCCC(CC(=O)OC)Nc1ncnc2cc(Cl)ccc12. The van der Waals surface area contributed by atoms with E-state index < -0.39 is 0 Å². The third kappa shape index (κ3) is 4.04. The van der Waals surface area contributed by atoms with E-state index in [4.69, 9.17) is 16.3 Å². The quantitative estimate of drug-likeness (QED) is 0.828.